The molecule has 0 saturated heterocycles. The van der Waals surface area contributed by atoms with Gasteiger partial charge in [-0.25, -0.2) is 9.78 Å². The molecule has 0 bridgehead atoms. The SMILES string of the molecule is O=C(COC(=O)c1cccc2nccnc12)Nc1nc(-c2ccccc2Cl)cs1. The van der Waals surface area contributed by atoms with E-state index in [2.05, 4.69) is 20.3 Å². The summed E-state index contributed by atoms with van der Waals surface area (Å²) in [5.41, 5.74) is 2.67. The van der Waals surface area contributed by atoms with Crippen LogP contribution in [0.1, 0.15) is 10.4 Å². The van der Waals surface area contributed by atoms with Gasteiger partial charge in [0.1, 0.15) is 5.52 Å². The van der Waals surface area contributed by atoms with Crippen LogP contribution in [-0.4, -0.2) is 33.4 Å². The van der Waals surface area contributed by atoms with Crippen molar-refractivity contribution in [2.75, 3.05) is 11.9 Å². The molecule has 4 rings (SSSR count). The Morgan fingerprint density at radius 2 is 1.90 bits per heavy atom. The maximum absolute atomic E-state index is 12.3. The number of fused-ring (bicyclic) bond motifs is 1. The van der Waals surface area contributed by atoms with Crippen LogP contribution in [0.4, 0.5) is 5.13 Å². The second-order valence-electron chi connectivity index (χ2n) is 5.87. The van der Waals surface area contributed by atoms with E-state index < -0.39 is 18.5 Å². The lowest BCUT2D eigenvalue weighted by Crippen LogP contribution is -2.21. The van der Waals surface area contributed by atoms with Crippen LogP contribution in [0, 0.1) is 0 Å². The second-order valence-corrected chi connectivity index (χ2v) is 7.14. The number of carbonyl (C=O) groups excluding carboxylic acids is 2. The molecule has 1 N–H and O–H groups in total. The van der Waals surface area contributed by atoms with Gasteiger partial charge in [-0.3, -0.25) is 20.1 Å². The van der Waals surface area contributed by atoms with Gasteiger partial charge in [-0.2, -0.15) is 0 Å². The van der Waals surface area contributed by atoms with E-state index in [9.17, 15) is 9.59 Å². The van der Waals surface area contributed by atoms with Crippen LogP contribution in [0.3, 0.4) is 0 Å². The molecule has 4 aromatic rings. The van der Waals surface area contributed by atoms with E-state index in [1.807, 2.05) is 18.2 Å². The number of halogens is 1. The quantitative estimate of drug-likeness (QED) is 0.482. The first-order valence-corrected chi connectivity index (χ1v) is 9.75. The van der Waals surface area contributed by atoms with E-state index in [4.69, 9.17) is 16.3 Å². The van der Waals surface area contributed by atoms with Gasteiger partial charge >= 0.3 is 5.97 Å². The highest BCUT2D eigenvalue weighted by Crippen LogP contribution is 2.30. The molecular weight excluding hydrogens is 412 g/mol. The van der Waals surface area contributed by atoms with Crippen LogP contribution in [0.2, 0.25) is 5.02 Å². The number of anilines is 1. The van der Waals surface area contributed by atoms with Crippen molar-refractivity contribution in [3.8, 4) is 11.3 Å². The van der Waals surface area contributed by atoms with Gasteiger partial charge in [0.05, 0.1) is 16.8 Å². The fourth-order valence-corrected chi connectivity index (χ4v) is 3.60. The van der Waals surface area contributed by atoms with Crippen molar-refractivity contribution >= 4 is 51.0 Å². The van der Waals surface area contributed by atoms with E-state index in [1.54, 1.807) is 29.6 Å². The third-order valence-corrected chi connectivity index (χ3v) is 5.04. The molecule has 0 saturated carbocycles. The Kier molecular flexibility index (Phi) is 5.46. The summed E-state index contributed by atoms with van der Waals surface area (Å²) in [7, 11) is 0. The number of benzene rings is 2. The zero-order valence-electron chi connectivity index (χ0n) is 14.8. The topological polar surface area (TPSA) is 94.1 Å². The molecule has 0 aliphatic carbocycles. The Morgan fingerprint density at radius 3 is 2.76 bits per heavy atom. The van der Waals surface area contributed by atoms with Crippen molar-refractivity contribution in [2.24, 2.45) is 0 Å². The van der Waals surface area contributed by atoms with E-state index in [0.29, 0.717) is 26.9 Å². The van der Waals surface area contributed by atoms with Crippen LogP contribution in [0.5, 0.6) is 0 Å². The third kappa shape index (κ3) is 4.23. The highest BCUT2D eigenvalue weighted by molar-refractivity contribution is 7.14. The monoisotopic (exact) mass is 424 g/mol. The van der Waals surface area contributed by atoms with Crippen LogP contribution >= 0.6 is 22.9 Å². The Labute approximate surface area is 174 Å². The van der Waals surface area contributed by atoms with Gasteiger partial charge in [-0.1, -0.05) is 35.9 Å². The summed E-state index contributed by atoms with van der Waals surface area (Å²) in [6, 6.07) is 12.3. The van der Waals surface area contributed by atoms with E-state index >= 15 is 0 Å². The van der Waals surface area contributed by atoms with Crippen LogP contribution in [0.25, 0.3) is 22.3 Å². The number of hydrogen-bond acceptors (Lipinski definition) is 7. The fourth-order valence-electron chi connectivity index (χ4n) is 2.65. The first-order chi connectivity index (χ1) is 14.1. The van der Waals surface area contributed by atoms with Gasteiger partial charge in [0, 0.05) is 28.4 Å². The van der Waals surface area contributed by atoms with E-state index in [0.717, 1.165) is 5.56 Å². The Bertz CT molecular complexity index is 1210. The molecule has 144 valence electrons. The normalized spacial score (nSPS) is 10.7. The lowest BCUT2D eigenvalue weighted by atomic mass is 10.2. The molecule has 7 nitrogen and oxygen atoms in total. The fraction of sp³-hybridized carbons (Fsp3) is 0.0500. The first kappa shape index (κ1) is 19.0. The molecule has 2 aromatic heterocycles. The van der Waals surface area contributed by atoms with E-state index in [1.165, 1.54) is 23.7 Å². The highest BCUT2D eigenvalue weighted by atomic mass is 35.5. The summed E-state index contributed by atoms with van der Waals surface area (Å²) in [4.78, 5) is 37.1. The average molecular weight is 425 g/mol. The van der Waals surface area contributed by atoms with Crippen molar-refractivity contribution in [3.05, 3.63) is 70.8 Å². The number of amides is 1. The number of rotatable bonds is 5. The number of ether oxygens (including phenoxy) is 1. The zero-order chi connectivity index (χ0) is 20.2. The van der Waals surface area contributed by atoms with Crippen LogP contribution in [-0.2, 0) is 9.53 Å². The number of carbonyl (C=O) groups is 2. The lowest BCUT2D eigenvalue weighted by molar-refractivity contribution is -0.119. The smallest absolute Gasteiger partial charge is 0.340 e. The van der Waals surface area contributed by atoms with Gasteiger partial charge in [-0.15, -0.1) is 11.3 Å². The largest absolute Gasteiger partial charge is 0.452 e. The minimum absolute atomic E-state index is 0.249. The van der Waals surface area contributed by atoms with Crippen molar-refractivity contribution in [2.45, 2.75) is 0 Å². The number of esters is 1. The number of nitrogens with zero attached hydrogens (tertiary/aromatic N) is 3. The average Bonchev–Trinajstić information content (AvgIpc) is 3.20. The maximum Gasteiger partial charge on any atom is 0.340 e. The summed E-state index contributed by atoms with van der Waals surface area (Å²) in [5.74, 6) is -1.15. The van der Waals surface area contributed by atoms with E-state index in [-0.39, 0.29) is 5.56 Å². The van der Waals surface area contributed by atoms with Crippen molar-refractivity contribution in [3.63, 3.8) is 0 Å². The standard InChI is InChI=1S/C20H13ClN4O3S/c21-14-6-2-1-4-12(14)16-11-29-20(24-16)25-17(26)10-28-19(27)13-5-3-7-15-18(13)23-9-8-22-15/h1-9,11H,10H2,(H,24,25,26). The molecule has 0 aliphatic heterocycles. The zero-order valence-corrected chi connectivity index (χ0v) is 16.4. The van der Waals surface area contributed by atoms with Crippen molar-refractivity contribution < 1.29 is 14.3 Å². The molecule has 0 fully saturated rings. The van der Waals surface area contributed by atoms with Gasteiger partial charge < -0.3 is 4.74 Å². The van der Waals surface area contributed by atoms with Crippen LogP contribution < -0.4 is 5.32 Å². The minimum atomic E-state index is -0.651. The van der Waals surface area contributed by atoms with Gasteiger partial charge in [0.15, 0.2) is 11.7 Å². The molecule has 0 aliphatic rings. The Morgan fingerprint density at radius 1 is 1.07 bits per heavy atom. The van der Waals surface area contributed by atoms with Crippen molar-refractivity contribution in [1.82, 2.24) is 15.0 Å². The maximum atomic E-state index is 12.3. The second kappa shape index (κ2) is 8.34. The summed E-state index contributed by atoms with van der Waals surface area (Å²) in [5, 5.41) is 5.36. The predicted octanol–water partition coefficient (Wildman–Crippen LogP) is 4.20. The van der Waals surface area contributed by atoms with Gasteiger partial charge in [-0.05, 0) is 18.2 Å². The Balaban J connectivity index is 1.39. The summed E-state index contributed by atoms with van der Waals surface area (Å²) >= 11 is 7.42. The highest BCUT2D eigenvalue weighted by Gasteiger charge is 2.16. The molecule has 0 atom stereocenters. The molecule has 2 aromatic carbocycles. The third-order valence-electron chi connectivity index (χ3n) is 3.95. The summed E-state index contributed by atoms with van der Waals surface area (Å²) in [6.45, 7) is -0.448. The first-order valence-electron chi connectivity index (χ1n) is 8.49. The summed E-state index contributed by atoms with van der Waals surface area (Å²) in [6.07, 6.45) is 3.03. The number of nitrogens with one attached hydrogen (secondary N) is 1. The van der Waals surface area contributed by atoms with Gasteiger partial charge in [0.25, 0.3) is 5.91 Å². The molecule has 29 heavy (non-hydrogen) atoms. The van der Waals surface area contributed by atoms with Gasteiger partial charge in [0.2, 0.25) is 0 Å². The molecule has 2 heterocycles. The van der Waals surface area contributed by atoms with Crippen LogP contribution in [0.15, 0.2) is 60.2 Å². The lowest BCUT2D eigenvalue weighted by Gasteiger charge is -2.06. The molecule has 0 radical (unpaired) electrons. The molecule has 1 amide bonds. The minimum Gasteiger partial charge on any atom is -0.452 e. The Hall–Kier alpha value is -3.36. The molecule has 0 spiro atoms. The number of para-hydroxylation sites is 1. The molecule has 9 heteroatoms. The number of aromatic nitrogens is 3. The summed E-state index contributed by atoms with van der Waals surface area (Å²) < 4.78 is 5.12. The van der Waals surface area contributed by atoms with Crippen molar-refractivity contribution in [1.29, 1.82) is 0 Å². The number of thiazole rings is 1. The number of hydrogen-bond donors (Lipinski definition) is 1. The predicted molar refractivity (Wildman–Crippen MR) is 111 cm³/mol. The molecule has 0 unspecified atom stereocenters. The molecular formula is C20H13ClN4O3S.